The van der Waals surface area contributed by atoms with Gasteiger partial charge in [0.2, 0.25) is 5.82 Å². The number of aryl methyl sites for hydroxylation is 2. The van der Waals surface area contributed by atoms with E-state index in [1.807, 2.05) is 18.2 Å². The third-order valence-corrected chi connectivity index (χ3v) is 4.54. The number of nitrogens with one attached hydrogen (secondary N) is 1. The van der Waals surface area contributed by atoms with Crippen molar-refractivity contribution < 1.29 is 0 Å². The molecule has 0 atom stereocenters. The molecule has 0 spiro atoms. The van der Waals surface area contributed by atoms with Gasteiger partial charge in [-0.2, -0.15) is 5.21 Å². The van der Waals surface area contributed by atoms with Crippen LogP contribution in [0.3, 0.4) is 0 Å². The van der Waals surface area contributed by atoms with E-state index in [9.17, 15) is 0 Å². The molecule has 0 saturated carbocycles. The minimum absolute atomic E-state index is 0.610. The van der Waals surface area contributed by atoms with Crippen molar-refractivity contribution in [3.05, 3.63) is 77.6 Å². The van der Waals surface area contributed by atoms with E-state index in [1.165, 1.54) is 17.0 Å². The SMILES string of the molecule is Cc1ccc(C)n1Cc1ccc(-c2ccccc2-c2nn[nH]n2)cc1. The molecule has 5 nitrogen and oxygen atoms in total. The van der Waals surface area contributed by atoms with Crippen LogP contribution < -0.4 is 0 Å². The van der Waals surface area contributed by atoms with Gasteiger partial charge in [-0.15, -0.1) is 10.2 Å². The van der Waals surface area contributed by atoms with E-state index in [0.29, 0.717) is 5.82 Å². The van der Waals surface area contributed by atoms with E-state index in [4.69, 9.17) is 0 Å². The lowest BCUT2D eigenvalue weighted by Crippen LogP contribution is -2.03. The Balaban J connectivity index is 1.66. The van der Waals surface area contributed by atoms with Crippen LogP contribution in [0.25, 0.3) is 22.5 Å². The highest BCUT2D eigenvalue weighted by molar-refractivity contribution is 5.80. The molecule has 2 heterocycles. The van der Waals surface area contributed by atoms with Crippen molar-refractivity contribution in [1.29, 1.82) is 0 Å². The quantitative estimate of drug-likeness (QED) is 0.615. The number of nitrogens with zero attached hydrogens (tertiary/aromatic N) is 4. The van der Waals surface area contributed by atoms with Crippen molar-refractivity contribution >= 4 is 0 Å². The van der Waals surface area contributed by atoms with Crippen LogP contribution in [0.5, 0.6) is 0 Å². The van der Waals surface area contributed by atoms with Crippen LogP contribution in [0.4, 0.5) is 0 Å². The molecule has 0 fully saturated rings. The fraction of sp³-hybridized carbons (Fsp3) is 0.150. The molecule has 0 aliphatic heterocycles. The van der Waals surface area contributed by atoms with E-state index in [1.54, 1.807) is 0 Å². The number of tetrazole rings is 1. The first kappa shape index (κ1) is 15.3. The summed E-state index contributed by atoms with van der Waals surface area (Å²) in [6.45, 7) is 5.17. The maximum Gasteiger partial charge on any atom is 0.205 e. The summed E-state index contributed by atoms with van der Waals surface area (Å²) >= 11 is 0. The van der Waals surface area contributed by atoms with Gasteiger partial charge in [-0.25, -0.2) is 0 Å². The van der Waals surface area contributed by atoms with Crippen LogP contribution in [-0.4, -0.2) is 25.2 Å². The lowest BCUT2D eigenvalue weighted by molar-refractivity contribution is 0.749. The Bertz CT molecular complexity index is 962. The second kappa shape index (κ2) is 6.36. The molecule has 2 aromatic heterocycles. The summed E-state index contributed by atoms with van der Waals surface area (Å²) in [7, 11) is 0. The van der Waals surface area contributed by atoms with E-state index < -0.39 is 0 Å². The van der Waals surface area contributed by atoms with E-state index in [2.05, 4.69) is 81.5 Å². The molecule has 0 aliphatic carbocycles. The summed E-state index contributed by atoms with van der Waals surface area (Å²) < 4.78 is 2.32. The maximum absolute atomic E-state index is 4.11. The van der Waals surface area contributed by atoms with Gasteiger partial charge in [-0.3, -0.25) is 0 Å². The van der Waals surface area contributed by atoms with Crippen LogP contribution in [0.15, 0.2) is 60.7 Å². The zero-order valence-corrected chi connectivity index (χ0v) is 14.3. The minimum atomic E-state index is 0.610. The smallest absolute Gasteiger partial charge is 0.205 e. The Morgan fingerprint density at radius 2 is 1.52 bits per heavy atom. The topological polar surface area (TPSA) is 59.4 Å². The lowest BCUT2D eigenvalue weighted by atomic mass is 9.98. The van der Waals surface area contributed by atoms with Gasteiger partial charge in [-0.1, -0.05) is 48.5 Å². The number of hydrogen-bond acceptors (Lipinski definition) is 3. The highest BCUT2D eigenvalue weighted by Gasteiger charge is 2.10. The van der Waals surface area contributed by atoms with Crippen LogP contribution in [0.2, 0.25) is 0 Å². The van der Waals surface area contributed by atoms with Crippen molar-refractivity contribution in [2.45, 2.75) is 20.4 Å². The number of hydrogen-bond donors (Lipinski definition) is 1. The van der Waals surface area contributed by atoms with Crippen LogP contribution in [0, 0.1) is 13.8 Å². The second-order valence-electron chi connectivity index (χ2n) is 6.18. The number of aromatic nitrogens is 5. The van der Waals surface area contributed by atoms with Crippen molar-refractivity contribution in [1.82, 2.24) is 25.2 Å². The largest absolute Gasteiger partial charge is 0.345 e. The van der Waals surface area contributed by atoms with Gasteiger partial charge in [-0.05, 0) is 47.9 Å². The van der Waals surface area contributed by atoms with Crippen molar-refractivity contribution in [3.63, 3.8) is 0 Å². The normalized spacial score (nSPS) is 11.0. The Labute approximate surface area is 146 Å². The average molecular weight is 329 g/mol. The molecule has 124 valence electrons. The molecule has 5 heteroatoms. The highest BCUT2D eigenvalue weighted by Crippen LogP contribution is 2.29. The molecule has 2 aromatic carbocycles. The molecule has 0 aliphatic rings. The fourth-order valence-corrected chi connectivity index (χ4v) is 3.13. The zero-order chi connectivity index (χ0) is 17.2. The first-order valence-electron chi connectivity index (χ1n) is 8.27. The summed E-state index contributed by atoms with van der Waals surface area (Å²) in [5.74, 6) is 0.610. The number of H-pyrrole nitrogens is 1. The van der Waals surface area contributed by atoms with E-state index in [0.717, 1.165) is 23.2 Å². The van der Waals surface area contributed by atoms with Gasteiger partial charge in [0.25, 0.3) is 0 Å². The summed E-state index contributed by atoms with van der Waals surface area (Å²) in [6.07, 6.45) is 0. The molecule has 0 amide bonds. The van der Waals surface area contributed by atoms with Gasteiger partial charge >= 0.3 is 0 Å². The third-order valence-electron chi connectivity index (χ3n) is 4.54. The molecule has 4 rings (SSSR count). The Morgan fingerprint density at radius 3 is 2.16 bits per heavy atom. The van der Waals surface area contributed by atoms with Crippen molar-refractivity contribution in [2.24, 2.45) is 0 Å². The molecule has 0 bridgehead atoms. The standard InChI is InChI=1S/C20H19N5/c1-14-7-8-15(2)25(14)13-16-9-11-17(12-10-16)18-5-3-4-6-19(18)20-21-23-24-22-20/h3-12H,13H2,1-2H3,(H,21,22,23,24). The molecule has 0 saturated heterocycles. The zero-order valence-electron chi connectivity index (χ0n) is 14.3. The Hall–Kier alpha value is -3.21. The minimum Gasteiger partial charge on any atom is -0.345 e. The monoisotopic (exact) mass is 329 g/mol. The van der Waals surface area contributed by atoms with Crippen LogP contribution >= 0.6 is 0 Å². The van der Waals surface area contributed by atoms with Crippen molar-refractivity contribution in [2.75, 3.05) is 0 Å². The summed E-state index contributed by atoms with van der Waals surface area (Å²) in [4.78, 5) is 0. The summed E-state index contributed by atoms with van der Waals surface area (Å²) in [5.41, 5.74) is 7.06. The molecular formula is C20H19N5. The Morgan fingerprint density at radius 1 is 0.840 bits per heavy atom. The predicted molar refractivity (Wildman–Crippen MR) is 98.1 cm³/mol. The molecule has 1 N–H and O–H groups in total. The van der Waals surface area contributed by atoms with E-state index >= 15 is 0 Å². The van der Waals surface area contributed by atoms with Crippen molar-refractivity contribution in [3.8, 4) is 22.5 Å². The lowest BCUT2D eigenvalue weighted by Gasteiger charge is -2.11. The third kappa shape index (κ3) is 2.96. The van der Waals surface area contributed by atoms with Gasteiger partial charge in [0.05, 0.1) is 0 Å². The Kier molecular flexibility index (Phi) is 3.90. The maximum atomic E-state index is 4.11. The van der Waals surface area contributed by atoms with Crippen LogP contribution in [-0.2, 0) is 6.54 Å². The van der Waals surface area contributed by atoms with Gasteiger partial charge in [0, 0.05) is 23.5 Å². The second-order valence-corrected chi connectivity index (χ2v) is 6.18. The number of aromatic amines is 1. The first-order chi connectivity index (χ1) is 12.2. The van der Waals surface area contributed by atoms with Gasteiger partial charge in [0.1, 0.15) is 0 Å². The molecule has 0 unspecified atom stereocenters. The summed E-state index contributed by atoms with van der Waals surface area (Å²) in [6, 6.07) is 21.1. The average Bonchev–Trinajstić information content (AvgIpc) is 3.28. The summed E-state index contributed by atoms with van der Waals surface area (Å²) in [5, 5.41) is 14.4. The van der Waals surface area contributed by atoms with E-state index in [-0.39, 0.29) is 0 Å². The predicted octanol–water partition coefficient (Wildman–Crippen LogP) is 4.00. The first-order valence-corrected chi connectivity index (χ1v) is 8.27. The van der Waals surface area contributed by atoms with Gasteiger partial charge < -0.3 is 4.57 Å². The number of benzene rings is 2. The number of rotatable bonds is 4. The van der Waals surface area contributed by atoms with Gasteiger partial charge in [0.15, 0.2) is 0 Å². The van der Waals surface area contributed by atoms with Crippen LogP contribution in [0.1, 0.15) is 17.0 Å². The molecule has 0 radical (unpaired) electrons. The molecular weight excluding hydrogens is 310 g/mol. The fourth-order valence-electron chi connectivity index (χ4n) is 3.13. The molecule has 25 heavy (non-hydrogen) atoms. The molecule has 4 aromatic rings. The highest BCUT2D eigenvalue weighted by atomic mass is 15.5.